The number of carbonyl (C=O) groups is 2. The Kier molecular flexibility index (Phi) is 9.28. The van der Waals surface area contributed by atoms with Crippen molar-refractivity contribution in [2.24, 2.45) is 0 Å². The Morgan fingerprint density at radius 2 is 1.89 bits per heavy atom. The van der Waals surface area contributed by atoms with Crippen molar-refractivity contribution >= 4 is 11.9 Å². The Morgan fingerprint density at radius 3 is 2.39 bits per heavy atom. The summed E-state index contributed by atoms with van der Waals surface area (Å²) in [7, 11) is 1.36. The van der Waals surface area contributed by atoms with Crippen LogP contribution in [-0.2, 0) is 14.3 Å². The monoisotopic (exact) mass is 258 g/mol. The summed E-state index contributed by atoms with van der Waals surface area (Å²) >= 11 is 0. The Balaban J connectivity index is 4.14. The molecule has 0 aliphatic heterocycles. The molecule has 0 saturated heterocycles. The van der Waals surface area contributed by atoms with E-state index in [0.29, 0.717) is 6.54 Å². The molecule has 0 aliphatic rings. The molecule has 0 aromatic rings. The van der Waals surface area contributed by atoms with Crippen LogP contribution in [0.4, 0.5) is 0 Å². The van der Waals surface area contributed by atoms with Crippen molar-refractivity contribution < 1.29 is 14.3 Å². The van der Waals surface area contributed by atoms with Gasteiger partial charge >= 0.3 is 5.97 Å². The van der Waals surface area contributed by atoms with E-state index in [9.17, 15) is 9.59 Å². The maximum Gasteiger partial charge on any atom is 0.319 e. The number of nitrogens with zero attached hydrogens (tertiary/aromatic N) is 1. The molecule has 0 aromatic carbocycles. The molecule has 18 heavy (non-hydrogen) atoms. The van der Waals surface area contributed by atoms with Crippen molar-refractivity contribution in [3.05, 3.63) is 0 Å². The molecule has 0 radical (unpaired) electrons. The van der Waals surface area contributed by atoms with E-state index in [0.717, 1.165) is 19.3 Å². The minimum atomic E-state index is -0.308. The first-order chi connectivity index (χ1) is 8.53. The van der Waals surface area contributed by atoms with Crippen LogP contribution in [0.15, 0.2) is 0 Å². The van der Waals surface area contributed by atoms with Crippen LogP contribution < -0.4 is 5.32 Å². The summed E-state index contributed by atoms with van der Waals surface area (Å²) in [6.45, 7) is 7.22. The van der Waals surface area contributed by atoms with E-state index in [-0.39, 0.29) is 31.0 Å². The molecule has 0 bridgehead atoms. The van der Waals surface area contributed by atoms with Gasteiger partial charge in [-0.3, -0.25) is 14.5 Å². The SMILES string of the molecule is CCCC(C)NC(=O)CN(CCC)CC(=O)OC. The van der Waals surface area contributed by atoms with Crippen molar-refractivity contribution in [1.29, 1.82) is 0 Å². The number of nitrogens with one attached hydrogen (secondary N) is 1. The summed E-state index contributed by atoms with van der Waals surface area (Å²) in [6.07, 6.45) is 2.91. The topological polar surface area (TPSA) is 58.6 Å². The molecule has 5 heteroatoms. The van der Waals surface area contributed by atoms with E-state index in [1.165, 1.54) is 7.11 Å². The Morgan fingerprint density at radius 1 is 1.22 bits per heavy atom. The van der Waals surface area contributed by atoms with Crippen molar-refractivity contribution in [3.63, 3.8) is 0 Å². The third-order valence-corrected chi connectivity index (χ3v) is 2.62. The molecule has 1 unspecified atom stereocenters. The third-order valence-electron chi connectivity index (χ3n) is 2.62. The third kappa shape index (κ3) is 8.06. The molecule has 0 spiro atoms. The van der Waals surface area contributed by atoms with Gasteiger partial charge in [-0.05, 0) is 26.3 Å². The van der Waals surface area contributed by atoms with Crippen molar-refractivity contribution in [3.8, 4) is 0 Å². The number of carbonyl (C=O) groups excluding carboxylic acids is 2. The van der Waals surface area contributed by atoms with E-state index < -0.39 is 0 Å². The fraction of sp³-hybridized carbons (Fsp3) is 0.846. The summed E-state index contributed by atoms with van der Waals surface area (Å²) in [5, 5.41) is 2.93. The zero-order valence-corrected chi connectivity index (χ0v) is 12.0. The zero-order valence-electron chi connectivity index (χ0n) is 12.0. The quantitative estimate of drug-likeness (QED) is 0.631. The highest BCUT2D eigenvalue weighted by atomic mass is 16.5. The summed E-state index contributed by atoms with van der Waals surface area (Å²) in [6, 6.07) is 0.184. The molecule has 0 rings (SSSR count). The van der Waals surface area contributed by atoms with Crippen molar-refractivity contribution in [2.45, 2.75) is 46.1 Å². The molecule has 0 aliphatic carbocycles. The maximum absolute atomic E-state index is 11.8. The van der Waals surface area contributed by atoms with Gasteiger partial charge in [-0.25, -0.2) is 0 Å². The van der Waals surface area contributed by atoms with Crippen LogP contribution in [0.3, 0.4) is 0 Å². The van der Waals surface area contributed by atoms with Crippen LogP contribution in [0.25, 0.3) is 0 Å². The highest BCUT2D eigenvalue weighted by Crippen LogP contribution is 1.97. The maximum atomic E-state index is 11.8. The molecule has 1 atom stereocenters. The number of esters is 1. The van der Waals surface area contributed by atoms with Crippen LogP contribution in [0.1, 0.15) is 40.0 Å². The standard InChI is InChI=1S/C13H26N2O3/c1-5-7-11(3)14-12(16)9-15(8-6-2)10-13(17)18-4/h11H,5-10H2,1-4H3,(H,14,16). The molecule has 1 amide bonds. The number of amides is 1. The van der Waals surface area contributed by atoms with Crippen LogP contribution in [-0.4, -0.2) is 49.6 Å². The lowest BCUT2D eigenvalue weighted by molar-refractivity contribution is -0.142. The number of rotatable bonds is 9. The van der Waals surface area contributed by atoms with E-state index >= 15 is 0 Å². The molecule has 0 heterocycles. The van der Waals surface area contributed by atoms with E-state index in [4.69, 9.17) is 0 Å². The number of ether oxygens (including phenoxy) is 1. The van der Waals surface area contributed by atoms with Gasteiger partial charge in [0.15, 0.2) is 0 Å². The smallest absolute Gasteiger partial charge is 0.319 e. The number of hydrogen-bond acceptors (Lipinski definition) is 4. The normalized spacial score (nSPS) is 12.3. The van der Waals surface area contributed by atoms with Gasteiger partial charge in [-0.15, -0.1) is 0 Å². The average Bonchev–Trinajstić information content (AvgIpc) is 2.28. The highest BCUT2D eigenvalue weighted by Gasteiger charge is 2.15. The van der Waals surface area contributed by atoms with Gasteiger partial charge in [-0.2, -0.15) is 0 Å². The van der Waals surface area contributed by atoms with Crippen LogP contribution in [0.2, 0.25) is 0 Å². The predicted octanol–water partition coefficient (Wildman–Crippen LogP) is 1.18. The number of methoxy groups -OCH3 is 1. The van der Waals surface area contributed by atoms with Crippen LogP contribution in [0, 0.1) is 0 Å². The van der Waals surface area contributed by atoms with Crippen molar-refractivity contribution in [2.75, 3.05) is 26.7 Å². The Labute approximate surface area is 110 Å². The van der Waals surface area contributed by atoms with Gasteiger partial charge < -0.3 is 10.1 Å². The second-order valence-corrected chi connectivity index (χ2v) is 4.54. The molecule has 0 fully saturated rings. The van der Waals surface area contributed by atoms with Gasteiger partial charge in [0.25, 0.3) is 0 Å². The molecular formula is C13H26N2O3. The van der Waals surface area contributed by atoms with Gasteiger partial charge in [-0.1, -0.05) is 20.3 Å². The van der Waals surface area contributed by atoms with E-state index in [1.54, 1.807) is 4.90 Å². The van der Waals surface area contributed by atoms with E-state index in [1.807, 2.05) is 13.8 Å². The highest BCUT2D eigenvalue weighted by molar-refractivity contribution is 5.79. The summed E-state index contributed by atoms with van der Waals surface area (Å²) in [4.78, 5) is 24.8. The Hall–Kier alpha value is -1.10. The fourth-order valence-electron chi connectivity index (χ4n) is 1.81. The fourth-order valence-corrected chi connectivity index (χ4v) is 1.81. The lowest BCUT2D eigenvalue weighted by atomic mass is 10.2. The molecule has 5 nitrogen and oxygen atoms in total. The minimum Gasteiger partial charge on any atom is -0.468 e. The minimum absolute atomic E-state index is 0.0340. The first kappa shape index (κ1) is 16.9. The van der Waals surface area contributed by atoms with Gasteiger partial charge in [0.2, 0.25) is 5.91 Å². The first-order valence-corrected chi connectivity index (χ1v) is 6.61. The second kappa shape index (κ2) is 9.88. The zero-order chi connectivity index (χ0) is 14.0. The summed E-state index contributed by atoms with van der Waals surface area (Å²) in [5.74, 6) is -0.342. The van der Waals surface area contributed by atoms with Crippen LogP contribution >= 0.6 is 0 Å². The first-order valence-electron chi connectivity index (χ1n) is 6.61. The molecule has 106 valence electrons. The molecule has 1 N–H and O–H groups in total. The second-order valence-electron chi connectivity index (χ2n) is 4.54. The lowest BCUT2D eigenvalue weighted by Gasteiger charge is -2.21. The Bertz CT molecular complexity index is 257. The summed E-state index contributed by atoms with van der Waals surface area (Å²) in [5.41, 5.74) is 0. The largest absolute Gasteiger partial charge is 0.468 e. The van der Waals surface area contributed by atoms with Crippen LogP contribution in [0.5, 0.6) is 0 Å². The van der Waals surface area contributed by atoms with Crippen molar-refractivity contribution in [1.82, 2.24) is 10.2 Å². The molecule has 0 aromatic heterocycles. The number of hydrogen-bond donors (Lipinski definition) is 1. The molecule has 0 saturated carbocycles. The van der Waals surface area contributed by atoms with Gasteiger partial charge in [0, 0.05) is 6.04 Å². The lowest BCUT2D eigenvalue weighted by Crippen LogP contribution is -2.43. The predicted molar refractivity (Wildman–Crippen MR) is 71.3 cm³/mol. The van der Waals surface area contributed by atoms with Gasteiger partial charge in [0.05, 0.1) is 20.2 Å². The average molecular weight is 258 g/mol. The summed E-state index contributed by atoms with van der Waals surface area (Å²) < 4.78 is 4.62. The molecular weight excluding hydrogens is 232 g/mol. The van der Waals surface area contributed by atoms with Gasteiger partial charge in [0.1, 0.15) is 0 Å². The van der Waals surface area contributed by atoms with E-state index in [2.05, 4.69) is 17.0 Å².